The lowest BCUT2D eigenvalue weighted by Gasteiger charge is -2.12. The van der Waals surface area contributed by atoms with E-state index < -0.39 is 12.6 Å². The molecule has 0 fully saturated rings. The number of halogens is 3. The Bertz CT molecular complexity index is 1500. The molecule has 0 radical (unpaired) electrons. The van der Waals surface area contributed by atoms with Gasteiger partial charge in [-0.25, -0.2) is 9.97 Å². The van der Waals surface area contributed by atoms with Crippen LogP contribution >= 0.6 is 0 Å². The van der Waals surface area contributed by atoms with E-state index in [9.17, 15) is 13.2 Å². The third-order valence-electron chi connectivity index (χ3n) is 6.04. The van der Waals surface area contributed by atoms with Crippen LogP contribution in [0.15, 0.2) is 52.9 Å². The van der Waals surface area contributed by atoms with Crippen LogP contribution in [-0.2, 0) is 6.42 Å². The summed E-state index contributed by atoms with van der Waals surface area (Å²) in [6.07, 6.45) is -5.10. The zero-order valence-corrected chi connectivity index (χ0v) is 18.0. The number of rotatable bonds is 3. The number of furan rings is 1. The van der Waals surface area contributed by atoms with Gasteiger partial charge in [-0.15, -0.1) is 0 Å². The fraction of sp³-hybridized carbons (Fsp3) is 0.231. The van der Waals surface area contributed by atoms with Crippen LogP contribution in [0.25, 0.3) is 44.2 Å². The van der Waals surface area contributed by atoms with Crippen molar-refractivity contribution in [2.75, 3.05) is 0 Å². The van der Waals surface area contributed by atoms with Gasteiger partial charge < -0.3 is 4.42 Å². The summed E-state index contributed by atoms with van der Waals surface area (Å²) in [6, 6.07) is 15.1. The normalized spacial score (nSPS) is 12.3. The van der Waals surface area contributed by atoms with E-state index in [1.54, 1.807) is 12.1 Å². The van der Waals surface area contributed by atoms with E-state index in [2.05, 4.69) is 18.0 Å². The third kappa shape index (κ3) is 3.49. The van der Waals surface area contributed by atoms with Gasteiger partial charge in [-0.2, -0.15) is 13.2 Å². The van der Waals surface area contributed by atoms with Gasteiger partial charge in [0, 0.05) is 33.8 Å². The van der Waals surface area contributed by atoms with Crippen molar-refractivity contribution in [1.29, 1.82) is 0 Å². The minimum atomic E-state index is -4.19. The minimum absolute atomic E-state index is 0.0653. The topological polar surface area (TPSA) is 38.9 Å². The first kappa shape index (κ1) is 20.5. The molecule has 6 heteroatoms. The van der Waals surface area contributed by atoms with Gasteiger partial charge in [-0.05, 0) is 74.2 Å². The second kappa shape index (κ2) is 7.33. The number of alkyl halides is 3. The van der Waals surface area contributed by atoms with Gasteiger partial charge >= 0.3 is 6.18 Å². The molecule has 0 bridgehead atoms. The predicted molar refractivity (Wildman–Crippen MR) is 121 cm³/mol. The van der Waals surface area contributed by atoms with Crippen molar-refractivity contribution >= 4 is 33.0 Å². The Morgan fingerprint density at radius 2 is 1.66 bits per heavy atom. The van der Waals surface area contributed by atoms with Crippen LogP contribution in [0.3, 0.4) is 0 Å². The molecule has 0 aliphatic heterocycles. The number of nitrogens with zero attached hydrogens (tertiary/aromatic N) is 2. The number of pyridine rings is 2. The fourth-order valence-electron chi connectivity index (χ4n) is 4.27. The molecule has 0 saturated carbocycles. The first-order valence-corrected chi connectivity index (χ1v) is 10.5. The number of aryl methyl sites for hydroxylation is 3. The summed E-state index contributed by atoms with van der Waals surface area (Å²) >= 11 is 0. The number of aromatic nitrogens is 2. The molecule has 0 aliphatic rings. The van der Waals surface area contributed by atoms with Crippen molar-refractivity contribution in [3.05, 3.63) is 70.9 Å². The Labute approximate surface area is 182 Å². The molecule has 0 aliphatic carbocycles. The van der Waals surface area contributed by atoms with E-state index in [0.717, 1.165) is 49.8 Å². The molecular weight excluding hydrogens is 413 g/mol. The van der Waals surface area contributed by atoms with Crippen molar-refractivity contribution in [2.45, 2.75) is 39.8 Å². The lowest BCUT2D eigenvalue weighted by atomic mass is 9.96. The second-order valence-electron chi connectivity index (χ2n) is 8.27. The van der Waals surface area contributed by atoms with Gasteiger partial charge in [-0.1, -0.05) is 18.2 Å². The monoisotopic (exact) mass is 434 g/mol. The van der Waals surface area contributed by atoms with Gasteiger partial charge in [0.2, 0.25) is 5.71 Å². The summed E-state index contributed by atoms with van der Waals surface area (Å²) in [6.45, 7) is 6.00. The maximum atomic E-state index is 12.7. The van der Waals surface area contributed by atoms with E-state index in [4.69, 9.17) is 9.40 Å². The highest BCUT2D eigenvalue weighted by molar-refractivity contribution is 6.09. The van der Waals surface area contributed by atoms with Crippen LogP contribution in [0, 0.1) is 20.8 Å². The summed E-state index contributed by atoms with van der Waals surface area (Å²) in [7, 11) is 0. The smallest absolute Gasteiger partial charge is 0.389 e. The van der Waals surface area contributed by atoms with Crippen LogP contribution in [0.1, 0.15) is 28.8 Å². The Morgan fingerprint density at radius 3 is 2.44 bits per heavy atom. The van der Waals surface area contributed by atoms with E-state index in [1.807, 2.05) is 44.2 Å². The average molecular weight is 434 g/mol. The highest BCUT2D eigenvalue weighted by Crippen LogP contribution is 2.39. The average Bonchev–Trinajstić information content (AvgIpc) is 3.08. The molecule has 3 aromatic heterocycles. The van der Waals surface area contributed by atoms with E-state index in [-0.39, 0.29) is 6.42 Å². The van der Waals surface area contributed by atoms with Crippen molar-refractivity contribution < 1.29 is 17.6 Å². The van der Waals surface area contributed by atoms with Crippen LogP contribution in [0.4, 0.5) is 13.2 Å². The van der Waals surface area contributed by atoms with Crippen LogP contribution < -0.4 is 0 Å². The molecule has 162 valence electrons. The molecular formula is C26H21F3N2O. The molecule has 5 rings (SSSR count). The molecule has 0 saturated heterocycles. The fourth-order valence-corrected chi connectivity index (χ4v) is 4.27. The van der Waals surface area contributed by atoms with E-state index in [0.29, 0.717) is 16.8 Å². The zero-order valence-electron chi connectivity index (χ0n) is 18.0. The van der Waals surface area contributed by atoms with Crippen molar-refractivity contribution in [1.82, 2.24) is 9.97 Å². The molecule has 0 spiro atoms. The first-order valence-electron chi connectivity index (χ1n) is 10.5. The van der Waals surface area contributed by atoms with Crippen LogP contribution in [0.2, 0.25) is 0 Å². The SMILES string of the molecule is Cc1ccc2c(n1)oc1c(-c3ccc4c(CCC(F)(F)F)cccc4n3)c(C)c(C)cc12. The van der Waals surface area contributed by atoms with Gasteiger partial charge in [0.1, 0.15) is 5.58 Å². The van der Waals surface area contributed by atoms with E-state index in [1.165, 1.54) is 0 Å². The van der Waals surface area contributed by atoms with Gasteiger partial charge in [0.15, 0.2) is 0 Å². The molecule has 0 atom stereocenters. The van der Waals surface area contributed by atoms with Crippen LogP contribution in [0.5, 0.6) is 0 Å². The Morgan fingerprint density at radius 1 is 0.875 bits per heavy atom. The molecule has 0 amide bonds. The van der Waals surface area contributed by atoms with Gasteiger partial charge in [-0.3, -0.25) is 0 Å². The Hall–Kier alpha value is -3.41. The Kier molecular flexibility index (Phi) is 4.69. The lowest BCUT2D eigenvalue weighted by Crippen LogP contribution is -2.08. The quantitative estimate of drug-likeness (QED) is 0.293. The summed E-state index contributed by atoms with van der Waals surface area (Å²) in [5.74, 6) is 0. The van der Waals surface area contributed by atoms with Crippen molar-refractivity contribution in [3.8, 4) is 11.3 Å². The highest BCUT2D eigenvalue weighted by atomic mass is 19.4. The number of fused-ring (bicyclic) bond motifs is 4. The molecule has 5 aromatic rings. The third-order valence-corrected chi connectivity index (χ3v) is 6.04. The maximum absolute atomic E-state index is 12.7. The summed E-state index contributed by atoms with van der Waals surface area (Å²) in [4.78, 5) is 9.36. The van der Waals surface area contributed by atoms with Gasteiger partial charge in [0.25, 0.3) is 0 Å². The minimum Gasteiger partial charge on any atom is -0.437 e. The van der Waals surface area contributed by atoms with Crippen LogP contribution in [-0.4, -0.2) is 16.1 Å². The Balaban J connectivity index is 1.70. The number of benzene rings is 2. The number of hydrogen-bond donors (Lipinski definition) is 0. The van der Waals surface area contributed by atoms with Gasteiger partial charge in [0.05, 0.1) is 11.2 Å². The molecule has 3 nitrogen and oxygen atoms in total. The highest BCUT2D eigenvalue weighted by Gasteiger charge is 2.27. The molecule has 2 aromatic carbocycles. The summed E-state index contributed by atoms with van der Waals surface area (Å²) < 4.78 is 44.4. The largest absolute Gasteiger partial charge is 0.437 e. The van der Waals surface area contributed by atoms with Crippen molar-refractivity contribution in [3.63, 3.8) is 0 Å². The predicted octanol–water partition coefficient (Wildman–Crippen LogP) is 7.62. The first-order chi connectivity index (χ1) is 15.2. The number of hydrogen-bond acceptors (Lipinski definition) is 3. The second-order valence-corrected chi connectivity index (χ2v) is 8.27. The molecule has 0 unspecified atom stereocenters. The van der Waals surface area contributed by atoms with E-state index >= 15 is 0 Å². The lowest BCUT2D eigenvalue weighted by molar-refractivity contribution is -0.133. The molecule has 32 heavy (non-hydrogen) atoms. The summed E-state index contributed by atoms with van der Waals surface area (Å²) in [5.41, 5.74) is 7.27. The standard InChI is InChI=1S/C26H21F3N2O/c1-14-13-20-19-8-7-15(2)30-25(19)32-24(20)23(16(14)3)22-10-9-18-17(11-12-26(27,28)29)5-4-6-21(18)31-22/h4-10,13H,11-12H2,1-3H3. The summed E-state index contributed by atoms with van der Waals surface area (Å²) in [5, 5.41) is 2.67. The van der Waals surface area contributed by atoms with Crippen molar-refractivity contribution in [2.24, 2.45) is 0 Å². The molecule has 0 N–H and O–H groups in total. The molecule has 3 heterocycles. The maximum Gasteiger partial charge on any atom is 0.389 e. The zero-order chi connectivity index (χ0) is 22.6.